The molecule has 3 rings (SSSR count). The quantitative estimate of drug-likeness (QED) is 0.717. The Morgan fingerprint density at radius 3 is 2.61 bits per heavy atom. The number of hydrogen-bond acceptors (Lipinski definition) is 5. The first kappa shape index (κ1) is 16.3. The summed E-state index contributed by atoms with van der Waals surface area (Å²) in [5.74, 6) is 1.06. The highest BCUT2D eigenvalue weighted by Crippen LogP contribution is 2.28. The fraction of sp³-hybridized carbons (Fsp3) is 0.714. The monoisotopic (exact) mass is 341 g/mol. The fourth-order valence-electron chi connectivity index (χ4n) is 3.45. The number of amides is 2. The minimum absolute atomic E-state index is 0.0499. The number of fused-ring (bicyclic) bond motifs is 1. The first-order valence-electron chi connectivity index (χ1n) is 7.67. The Bertz CT molecular complexity index is 699. The molecule has 0 saturated carbocycles. The molecule has 0 bridgehead atoms. The molecule has 2 aliphatic heterocycles. The van der Waals surface area contributed by atoms with Gasteiger partial charge in [0.15, 0.2) is 9.84 Å². The number of aromatic nitrogens is 2. The largest absolute Gasteiger partial charge is 0.337 e. The summed E-state index contributed by atoms with van der Waals surface area (Å²) >= 11 is 0. The van der Waals surface area contributed by atoms with Crippen LogP contribution in [0, 0.1) is 0 Å². The summed E-state index contributed by atoms with van der Waals surface area (Å²) in [5.41, 5.74) is 0. The van der Waals surface area contributed by atoms with E-state index in [-0.39, 0.29) is 29.6 Å². The van der Waals surface area contributed by atoms with Gasteiger partial charge in [0.25, 0.3) is 0 Å². The Hall–Kier alpha value is -1.61. The summed E-state index contributed by atoms with van der Waals surface area (Å²) in [4.78, 5) is 22.0. The lowest BCUT2D eigenvalue weighted by atomic mass is 10.1. The minimum Gasteiger partial charge on any atom is -0.337 e. The lowest BCUT2D eigenvalue weighted by Gasteiger charge is -2.44. The summed E-state index contributed by atoms with van der Waals surface area (Å²) in [5, 5.41) is 0. The number of carbonyl (C=O) groups is 1. The normalized spacial score (nSPS) is 27.0. The maximum absolute atomic E-state index is 12.4. The Kier molecular flexibility index (Phi) is 4.09. The van der Waals surface area contributed by atoms with E-state index < -0.39 is 9.84 Å². The van der Waals surface area contributed by atoms with Crippen LogP contribution in [0.1, 0.15) is 5.82 Å². The van der Waals surface area contributed by atoms with Crippen molar-refractivity contribution in [1.82, 2.24) is 24.3 Å². The van der Waals surface area contributed by atoms with E-state index in [9.17, 15) is 13.2 Å². The van der Waals surface area contributed by atoms with E-state index >= 15 is 0 Å². The van der Waals surface area contributed by atoms with Gasteiger partial charge in [0.05, 0.1) is 24.1 Å². The molecule has 0 spiro atoms. The van der Waals surface area contributed by atoms with E-state index in [1.54, 1.807) is 25.2 Å². The molecule has 1 aromatic rings. The number of carbonyl (C=O) groups excluding carboxylic acids is 1. The van der Waals surface area contributed by atoms with Crippen LogP contribution in [-0.2, 0) is 23.4 Å². The van der Waals surface area contributed by atoms with Crippen molar-refractivity contribution in [3.05, 3.63) is 18.2 Å². The Morgan fingerprint density at radius 1 is 1.30 bits per heavy atom. The van der Waals surface area contributed by atoms with Crippen molar-refractivity contribution in [2.24, 2.45) is 7.05 Å². The van der Waals surface area contributed by atoms with E-state index in [1.807, 2.05) is 17.8 Å². The number of hydrogen-bond donors (Lipinski definition) is 0. The third-order valence-corrected chi connectivity index (χ3v) is 6.38. The average Bonchev–Trinajstić information content (AvgIpc) is 3.01. The molecule has 1 aromatic heterocycles. The van der Waals surface area contributed by atoms with Gasteiger partial charge in [-0.05, 0) is 0 Å². The van der Waals surface area contributed by atoms with E-state index in [0.29, 0.717) is 19.6 Å². The summed E-state index contributed by atoms with van der Waals surface area (Å²) in [6.45, 7) is 1.80. The lowest BCUT2D eigenvalue weighted by molar-refractivity contribution is 0.0501. The molecular formula is C14H23N5O3S. The lowest BCUT2D eigenvalue weighted by Crippen LogP contribution is -2.61. The van der Waals surface area contributed by atoms with Crippen LogP contribution in [0.3, 0.4) is 0 Å². The number of imidazole rings is 1. The molecule has 9 heteroatoms. The molecule has 2 amide bonds. The third-order valence-electron chi connectivity index (χ3n) is 4.68. The number of piperazine rings is 1. The second-order valence-corrected chi connectivity index (χ2v) is 8.66. The van der Waals surface area contributed by atoms with Crippen molar-refractivity contribution in [1.29, 1.82) is 0 Å². The molecule has 128 valence electrons. The van der Waals surface area contributed by atoms with Gasteiger partial charge < -0.3 is 14.4 Å². The number of nitrogens with zero attached hydrogens (tertiary/aromatic N) is 5. The van der Waals surface area contributed by atoms with Crippen LogP contribution in [0.2, 0.25) is 0 Å². The van der Waals surface area contributed by atoms with Gasteiger partial charge in [0.2, 0.25) is 0 Å². The topological polar surface area (TPSA) is 78.8 Å². The molecule has 2 atom stereocenters. The summed E-state index contributed by atoms with van der Waals surface area (Å²) in [7, 11) is 2.19. The highest BCUT2D eigenvalue weighted by atomic mass is 32.2. The molecule has 0 aromatic carbocycles. The van der Waals surface area contributed by atoms with Gasteiger partial charge in [0, 0.05) is 52.7 Å². The van der Waals surface area contributed by atoms with E-state index in [1.165, 1.54) is 4.90 Å². The smallest absolute Gasteiger partial charge is 0.319 e. The van der Waals surface area contributed by atoms with E-state index in [0.717, 1.165) is 5.82 Å². The Morgan fingerprint density at radius 2 is 2.00 bits per heavy atom. The summed E-state index contributed by atoms with van der Waals surface area (Å²) < 4.78 is 26.2. The number of sulfone groups is 1. The fourth-order valence-corrected chi connectivity index (χ4v) is 5.46. The van der Waals surface area contributed by atoms with E-state index in [4.69, 9.17) is 0 Å². The summed E-state index contributed by atoms with van der Waals surface area (Å²) in [6, 6.07) is -0.549. The van der Waals surface area contributed by atoms with Crippen LogP contribution in [-0.4, -0.2) is 89.5 Å². The molecule has 0 aliphatic carbocycles. The van der Waals surface area contributed by atoms with Gasteiger partial charge in [-0.15, -0.1) is 0 Å². The molecule has 0 N–H and O–H groups in total. The second kappa shape index (κ2) is 5.79. The predicted molar refractivity (Wildman–Crippen MR) is 85.6 cm³/mol. The van der Waals surface area contributed by atoms with Crippen molar-refractivity contribution < 1.29 is 13.2 Å². The zero-order valence-electron chi connectivity index (χ0n) is 13.7. The van der Waals surface area contributed by atoms with Crippen LogP contribution in [0.15, 0.2) is 12.4 Å². The molecule has 23 heavy (non-hydrogen) atoms. The molecule has 8 nitrogen and oxygen atoms in total. The Labute approximate surface area is 136 Å². The van der Waals surface area contributed by atoms with E-state index in [2.05, 4.69) is 9.88 Å². The Balaban J connectivity index is 1.84. The predicted octanol–water partition coefficient (Wildman–Crippen LogP) is -0.615. The van der Waals surface area contributed by atoms with Crippen LogP contribution in [0.25, 0.3) is 0 Å². The van der Waals surface area contributed by atoms with Gasteiger partial charge in [0.1, 0.15) is 5.82 Å². The van der Waals surface area contributed by atoms with Crippen molar-refractivity contribution >= 4 is 15.9 Å². The maximum atomic E-state index is 12.4. The molecule has 2 aliphatic rings. The van der Waals surface area contributed by atoms with Gasteiger partial charge in [-0.3, -0.25) is 4.90 Å². The van der Waals surface area contributed by atoms with Gasteiger partial charge >= 0.3 is 6.03 Å². The van der Waals surface area contributed by atoms with Crippen molar-refractivity contribution in [2.75, 3.05) is 38.7 Å². The minimum atomic E-state index is -3.12. The van der Waals surface area contributed by atoms with Gasteiger partial charge in [-0.2, -0.15) is 0 Å². The van der Waals surface area contributed by atoms with Crippen LogP contribution < -0.4 is 0 Å². The molecular weight excluding hydrogens is 318 g/mol. The third kappa shape index (κ3) is 3.07. The maximum Gasteiger partial charge on any atom is 0.319 e. The first-order valence-corrected chi connectivity index (χ1v) is 9.49. The van der Waals surface area contributed by atoms with Crippen LogP contribution >= 0.6 is 0 Å². The SMILES string of the molecule is CN(C)C(=O)N1CCN(Cc2nccn2C)[C@@H]2CS(=O)(=O)C[C@@H]21. The second-order valence-electron chi connectivity index (χ2n) is 6.51. The standard InChI is InChI=1S/C14H23N5O3S/c1-16(2)14(20)19-7-6-18(8-13-15-4-5-17(13)3)11-9-23(21,22)10-12(11)19/h4-5,11-12H,6-10H2,1-3H3/t11-,12+/m1/s1. The molecule has 2 saturated heterocycles. The molecule has 2 fully saturated rings. The van der Waals surface area contributed by atoms with Crippen molar-refractivity contribution in [3.63, 3.8) is 0 Å². The molecule has 0 unspecified atom stereocenters. The van der Waals surface area contributed by atoms with Crippen LogP contribution in [0.4, 0.5) is 4.79 Å². The zero-order valence-corrected chi connectivity index (χ0v) is 14.5. The number of aryl methyl sites for hydroxylation is 1. The average molecular weight is 341 g/mol. The highest BCUT2D eigenvalue weighted by Gasteiger charge is 2.48. The molecule has 0 radical (unpaired) electrons. The zero-order chi connectivity index (χ0) is 16.8. The van der Waals surface area contributed by atoms with Crippen LogP contribution in [0.5, 0.6) is 0 Å². The first-order chi connectivity index (χ1) is 10.8. The molecule has 3 heterocycles. The van der Waals surface area contributed by atoms with Crippen molar-refractivity contribution in [3.8, 4) is 0 Å². The summed E-state index contributed by atoms with van der Waals surface area (Å²) in [6.07, 6.45) is 3.62. The van der Waals surface area contributed by atoms with Gasteiger partial charge in [-0.25, -0.2) is 18.2 Å². The van der Waals surface area contributed by atoms with Crippen molar-refractivity contribution in [2.45, 2.75) is 18.6 Å². The highest BCUT2D eigenvalue weighted by molar-refractivity contribution is 7.91. The van der Waals surface area contributed by atoms with Gasteiger partial charge in [-0.1, -0.05) is 0 Å². The number of rotatable bonds is 2. The number of urea groups is 1.